The van der Waals surface area contributed by atoms with Crippen LogP contribution in [0.5, 0.6) is 0 Å². The van der Waals surface area contributed by atoms with E-state index >= 15 is 0 Å². The summed E-state index contributed by atoms with van der Waals surface area (Å²) in [6.07, 6.45) is 7.14. The van der Waals surface area contributed by atoms with Crippen molar-refractivity contribution in [1.29, 1.82) is 0 Å². The van der Waals surface area contributed by atoms with E-state index in [1.54, 1.807) is 12.5 Å². The minimum atomic E-state index is 0.780. The molecule has 0 bridgehead atoms. The van der Waals surface area contributed by atoms with Crippen molar-refractivity contribution in [3.63, 3.8) is 0 Å². The van der Waals surface area contributed by atoms with E-state index in [0.717, 1.165) is 50.6 Å². The Morgan fingerprint density at radius 1 is 0.852 bits per heavy atom. The summed E-state index contributed by atoms with van der Waals surface area (Å²) >= 11 is 0. The van der Waals surface area contributed by atoms with Gasteiger partial charge in [0.15, 0.2) is 0 Å². The molecule has 5 aromatic rings. The maximum Gasteiger partial charge on any atom is 0.120 e. The highest BCUT2D eigenvalue weighted by Gasteiger charge is 2.14. The molecule has 0 amide bonds. The van der Waals surface area contributed by atoms with Crippen LogP contribution < -0.4 is 0 Å². The number of aromatic amines is 2. The summed E-state index contributed by atoms with van der Waals surface area (Å²) in [6, 6.07) is 11.8. The van der Waals surface area contributed by atoms with Crippen molar-refractivity contribution in [2.75, 3.05) is 0 Å². The number of hydrogen-bond acceptors (Lipinski definition) is 5. The third-order valence-corrected chi connectivity index (χ3v) is 4.38. The molecule has 7 heteroatoms. The molecule has 5 rings (SSSR count). The third kappa shape index (κ3) is 2.75. The highest BCUT2D eigenvalue weighted by Crippen LogP contribution is 2.29. The first-order chi connectivity index (χ1) is 13.3. The second-order valence-electron chi connectivity index (χ2n) is 6.22. The van der Waals surface area contributed by atoms with Crippen LogP contribution in [0.3, 0.4) is 0 Å². The van der Waals surface area contributed by atoms with E-state index in [0.29, 0.717) is 0 Å². The number of nitrogens with one attached hydrogen (secondary N) is 2. The number of H-pyrrole nitrogens is 2. The van der Waals surface area contributed by atoms with Gasteiger partial charge in [-0.1, -0.05) is 6.07 Å². The molecule has 7 nitrogen and oxygen atoms in total. The van der Waals surface area contributed by atoms with E-state index in [-0.39, 0.29) is 0 Å². The minimum absolute atomic E-state index is 0.780. The summed E-state index contributed by atoms with van der Waals surface area (Å²) in [5.74, 6) is 0. The third-order valence-electron chi connectivity index (χ3n) is 4.38. The molecular weight excluding hydrogens is 338 g/mol. The lowest BCUT2D eigenvalue weighted by Gasteiger charge is -2.05. The van der Waals surface area contributed by atoms with E-state index < -0.39 is 0 Å². The van der Waals surface area contributed by atoms with Crippen LogP contribution in [0, 0.1) is 6.92 Å². The number of rotatable bonds is 3. The summed E-state index contributed by atoms with van der Waals surface area (Å²) in [6.45, 7) is 1.96. The predicted octanol–water partition coefficient (Wildman–Crippen LogP) is 3.78. The lowest BCUT2D eigenvalue weighted by Crippen LogP contribution is -1.92. The zero-order valence-electron chi connectivity index (χ0n) is 14.5. The number of pyridine rings is 3. The van der Waals surface area contributed by atoms with Crippen molar-refractivity contribution in [2.24, 2.45) is 0 Å². The Morgan fingerprint density at radius 3 is 2.67 bits per heavy atom. The quantitative estimate of drug-likeness (QED) is 0.514. The van der Waals surface area contributed by atoms with Crippen LogP contribution >= 0.6 is 0 Å². The Bertz CT molecular complexity index is 1240. The zero-order valence-corrected chi connectivity index (χ0v) is 14.5. The van der Waals surface area contributed by atoms with Crippen LogP contribution in [-0.2, 0) is 0 Å². The van der Waals surface area contributed by atoms with Crippen LogP contribution in [0.1, 0.15) is 5.69 Å². The molecular formula is C20H15N7. The van der Waals surface area contributed by atoms with Crippen molar-refractivity contribution in [3.8, 4) is 33.9 Å². The molecule has 0 saturated heterocycles. The van der Waals surface area contributed by atoms with Gasteiger partial charge in [-0.3, -0.25) is 15.1 Å². The molecule has 27 heavy (non-hydrogen) atoms. The average Bonchev–Trinajstić information content (AvgIpc) is 3.39. The Balaban J connectivity index is 1.63. The Hall–Kier alpha value is -3.87. The van der Waals surface area contributed by atoms with Crippen molar-refractivity contribution in [3.05, 3.63) is 67.0 Å². The lowest BCUT2D eigenvalue weighted by molar-refractivity contribution is 1.08. The van der Waals surface area contributed by atoms with Gasteiger partial charge in [0, 0.05) is 35.4 Å². The van der Waals surface area contributed by atoms with Crippen LogP contribution in [0.2, 0.25) is 0 Å². The van der Waals surface area contributed by atoms with E-state index in [2.05, 4.69) is 30.1 Å². The molecule has 130 valence electrons. The molecule has 0 aliphatic heterocycles. The zero-order chi connectivity index (χ0) is 18.2. The van der Waals surface area contributed by atoms with Gasteiger partial charge in [0.1, 0.15) is 5.69 Å². The fourth-order valence-electron chi connectivity index (χ4n) is 3.07. The van der Waals surface area contributed by atoms with E-state index in [1.165, 1.54) is 0 Å². The topological polar surface area (TPSA) is 96.0 Å². The van der Waals surface area contributed by atoms with Gasteiger partial charge in [0.05, 0.1) is 34.4 Å². The van der Waals surface area contributed by atoms with Crippen LogP contribution in [0.4, 0.5) is 0 Å². The second kappa shape index (κ2) is 6.14. The van der Waals surface area contributed by atoms with Gasteiger partial charge in [0.2, 0.25) is 0 Å². The summed E-state index contributed by atoms with van der Waals surface area (Å²) in [5.41, 5.74) is 7.65. The van der Waals surface area contributed by atoms with Gasteiger partial charge in [-0.05, 0) is 37.3 Å². The fraction of sp³-hybridized carbons (Fsp3) is 0.0500. The summed E-state index contributed by atoms with van der Waals surface area (Å²) in [5, 5.41) is 7.32. The summed E-state index contributed by atoms with van der Waals surface area (Å²) < 4.78 is 0. The van der Waals surface area contributed by atoms with Gasteiger partial charge in [-0.15, -0.1) is 0 Å². The lowest BCUT2D eigenvalue weighted by atomic mass is 10.1. The van der Waals surface area contributed by atoms with Gasteiger partial charge in [-0.25, -0.2) is 9.97 Å². The molecule has 0 aliphatic carbocycles. The maximum atomic E-state index is 4.81. The normalized spacial score (nSPS) is 11.1. The monoisotopic (exact) mass is 353 g/mol. The van der Waals surface area contributed by atoms with Gasteiger partial charge in [0.25, 0.3) is 0 Å². The van der Waals surface area contributed by atoms with Gasteiger partial charge < -0.3 is 4.98 Å². The van der Waals surface area contributed by atoms with E-state index in [1.807, 2.05) is 55.7 Å². The molecule has 5 heterocycles. The first-order valence-corrected chi connectivity index (χ1v) is 8.52. The van der Waals surface area contributed by atoms with E-state index in [4.69, 9.17) is 4.98 Å². The Labute approximate surface area is 154 Å². The number of imidazole rings is 1. The molecule has 2 N–H and O–H groups in total. The molecule has 0 spiro atoms. The van der Waals surface area contributed by atoms with Crippen LogP contribution in [-0.4, -0.2) is 35.1 Å². The minimum Gasteiger partial charge on any atom is -0.351 e. The first kappa shape index (κ1) is 15.4. The molecule has 0 aliphatic rings. The summed E-state index contributed by atoms with van der Waals surface area (Å²) in [7, 11) is 0. The number of aryl methyl sites for hydroxylation is 1. The molecule has 5 aromatic heterocycles. The fourth-order valence-corrected chi connectivity index (χ4v) is 3.07. The number of fused-ring (bicyclic) bond motifs is 1. The highest BCUT2D eigenvalue weighted by molar-refractivity contribution is 5.84. The van der Waals surface area contributed by atoms with Crippen molar-refractivity contribution < 1.29 is 0 Å². The van der Waals surface area contributed by atoms with Gasteiger partial charge in [-0.2, -0.15) is 5.10 Å². The van der Waals surface area contributed by atoms with Crippen LogP contribution in [0.25, 0.3) is 44.9 Å². The van der Waals surface area contributed by atoms with Crippen LogP contribution in [0.15, 0.2) is 61.3 Å². The molecule has 0 saturated carbocycles. The Kier molecular flexibility index (Phi) is 3.50. The molecule has 0 aromatic carbocycles. The highest BCUT2D eigenvalue weighted by atomic mass is 15.1. The average molecular weight is 353 g/mol. The van der Waals surface area contributed by atoms with Crippen molar-refractivity contribution in [2.45, 2.75) is 6.92 Å². The maximum absolute atomic E-state index is 4.81. The SMILES string of the molecule is Cc1cccc(-c2n[nH]cc2-c2ccc3ncc(-c4c[nH]cn4)cc3n2)n1. The molecule has 0 atom stereocenters. The Morgan fingerprint density at radius 2 is 1.81 bits per heavy atom. The first-order valence-electron chi connectivity index (χ1n) is 8.52. The molecule has 0 fully saturated rings. The second-order valence-corrected chi connectivity index (χ2v) is 6.22. The number of aromatic nitrogens is 7. The molecule has 0 unspecified atom stereocenters. The summed E-state index contributed by atoms with van der Waals surface area (Å²) in [4.78, 5) is 21.1. The largest absolute Gasteiger partial charge is 0.351 e. The van der Waals surface area contributed by atoms with Crippen molar-refractivity contribution >= 4 is 11.0 Å². The molecule has 0 radical (unpaired) electrons. The van der Waals surface area contributed by atoms with Crippen molar-refractivity contribution in [1.82, 2.24) is 35.1 Å². The standard InChI is InChI=1S/C20H15N7/c1-12-3-2-4-17(25-12)20-14(9-24-27-20)15-5-6-16-18(26-15)7-13(8-22-16)19-10-21-11-23-19/h2-11H,1H3,(H,21,23)(H,24,27). The number of nitrogens with zero attached hydrogens (tertiary/aromatic N) is 5. The van der Waals surface area contributed by atoms with E-state index in [9.17, 15) is 0 Å². The smallest absolute Gasteiger partial charge is 0.120 e. The van der Waals surface area contributed by atoms with Gasteiger partial charge >= 0.3 is 0 Å². The number of hydrogen-bond donors (Lipinski definition) is 2. The predicted molar refractivity (Wildman–Crippen MR) is 103 cm³/mol.